The largest absolute Gasteiger partial charge is 0.344 e. The van der Waals surface area contributed by atoms with Crippen LogP contribution in [0.15, 0.2) is 60.9 Å². The van der Waals surface area contributed by atoms with E-state index in [0.29, 0.717) is 17.8 Å². The number of carbonyl (C=O) groups is 1. The molecule has 2 atom stereocenters. The minimum Gasteiger partial charge on any atom is -0.344 e. The number of amides is 1. The Morgan fingerprint density at radius 3 is 2.66 bits per heavy atom. The van der Waals surface area contributed by atoms with Crippen LogP contribution in [0.1, 0.15) is 41.9 Å². The van der Waals surface area contributed by atoms with Gasteiger partial charge in [0, 0.05) is 31.1 Å². The maximum Gasteiger partial charge on any atom is 0.246 e. The molecule has 2 aromatic rings. The van der Waals surface area contributed by atoms with Gasteiger partial charge in [0.15, 0.2) is 0 Å². The van der Waals surface area contributed by atoms with Crippen molar-refractivity contribution in [3.8, 4) is 0 Å². The number of carbonyl (C=O) groups excluding carboxylic acids is 1. The van der Waals surface area contributed by atoms with E-state index in [9.17, 15) is 4.79 Å². The van der Waals surface area contributed by atoms with E-state index in [4.69, 9.17) is 0 Å². The first kappa shape index (κ1) is 18.2. The summed E-state index contributed by atoms with van der Waals surface area (Å²) in [6, 6.07) is 13.0. The molecule has 2 unspecified atom stereocenters. The van der Waals surface area contributed by atoms with E-state index < -0.39 is 0 Å². The van der Waals surface area contributed by atoms with E-state index in [1.54, 1.807) is 6.08 Å². The molecule has 3 heterocycles. The number of benzene rings is 1. The molecular weight excluding hydrogens is 358 g/mol. The first-order valence-electron chi connectivity index (χ1n) is 10.6. The van der Waals surface area contributed by atoms with Crippen molar-refractivity contribution in [2.24, 2.45) is 11.8 Å². The number of pyridine rings is 1. The first-order valence-corrected chi connectivity index (χ1v) is 10.6. The summed E-state index contributed by atoms with van der Waals surface area (Å²) in [4.78, 5) is 19.2. The maximum absolute atomic E-state index is 12.7. The molecule has 1 saturated carbocycles. The highest BCUT2D eigenvalue weighted by Crippen LogP contribution is 2.46. The smallest absolute Gasteiger partial charge is 0.246 e. The van der Waals surface area contributed by atoms with Crippen molar-refractivity contribution in [1.82, 2.24) is 9.88 Å². The van der Waals surface area contributed by atoms with Crippen LogP contribution in [0.3, 0.4) is 0 Å². The normalized spacial score (nSPS) is 25.7. The molecule has 1 saturated heterocycles. The summed E-state index contributed by atoms with van der Waals surface area (Å²) in [7, 11) is 0. The number of aryl methyl sites for hydroxylation is 1. The van der Waals surface area contributed by atoms with Crippen LogP contribution in [0.4, 0.5) is 5.82 Å². The molecular formula is C25H27N3O. The van der Waals surface area contributed by atoms with Crippen LogP contribution in [0.2, 0.25) is 0 Å². The van der Waals surface area contributed by atoms with Crippen molar-refractivity contribution < 1.29 is 4.79 Å². The van der Waals surface area contributed by atoms with Crippen LogP contribution in [0.5, 0.6) is 0 Å². The predicted molar refractivity (Wildman–Crippen MR) is 116 cm³/mol. The van der Waals surface area contributed by atoms with Crippen LogP contribution in [0, 0.1) is 11.8 Å². The number of anilines is 1. The zero-order valence-electron chi connectivity index (χ0n) is 16.7. The highest BCUT2D eigenvalue weighted by molar-refractivity contribution is 5.92. The van der Waals surface area contributed by atoms with Gasteiger partial charge in [-0.1, -0.05) is 36.9 Å². The minimum absolute atomic E-state index is 0.125. The van der Waals surface area contributed by atoms with Crippen molar-refractivity contribution in [3.05, 3.63) is 77.6 Å². The molecule has 148 valence electrons. The van der Waals surface area contributed by atoms with Gasteiger partial charge in [0.1, 0.15) is 5.82 Å². The molecule has 0 spiro atoms. The average Bonchev–Trinajstić information content (AvgIpc) is 3.32. The Kier molecular flexibility index (Phi) is 4.70. The number of hydrogen-bond donors (Lipinski definition) is 1. The highest BCUT2D eigenvalue weighted by Gasteiger charge is 2.42. The van der Waals surface area contributed by atoms with E-state index in [0.717, 1.165) is 43.0 Å². The summed E-state index contributed by atoms with van der Waals surface area (Å²) in [5.41, 5.74) is 4.64. The van der Waals surface area contributed by atoms with Gasteiger partial charge in [-0.2, -0.15) is 0 Å². The molecule has 1 aromatic heterocycles. The van der Waals surface area contributed by atoms with Crippen LogP contribution < -0.4 is 5.32 Å². The monoisotopic (exact) mass is 385 g/mol. The Hall–Kier alpha value is -2.88. The van der Waals surface area contributed by atoms with Crippen LogP contribution >= 0.6 is 0 Å². The number of fused-ring (bicyclic) bond motifs is 2. The van der Waals surface area contributed by atoms with E-state index in [1.165, 1.54) is 24.0 Å². The van der Waals surface area contributed by atoms with Crippen molar-refractivity contribution in [2.75, 3.05) is 18.4 Å². The van der Waals surface area contributed by atoms with Gasteiger partial charge < -0.3 is 10.2 Å². The number of nitrogens with zero attached hydrogens (tertiary/aromatic N) is 2. The van der Waals surface area contributed by atoms with Crippen molar-refractivity contribution in [1.29, 1.82) is 0 Å². The predicted octanol–water partition coefficient (Wildman–Crippen LogP) is 4.62. The average molecular weight is 386 g/mol. The lowest BCUT2D eigenvalue weighted by Gasteiger charge is -2.19. The van der Waals surface area contributed by atoms with Gasteiger partial charge in [-0.25, -0.2) is 4.98 Å². The zero-order chi connectivity index (χ0) is 19.8. The molecule has 0 radical (unpaired) electrons. The Morgan fingerprint density at radius 2 is 1.90 bits per heavy atom. The quantitative estimate of drug-likeness (QED) is 0.784. The molecule has 4 nitrogen and oxygen atoms in total. The van der Waals surface area contributed by atoms with E-state index in [1.807, 2.05) is 17.2 Å². The molecule has 4 heteroatoms. The third kappa shape index (κ3) is 3.71. The zero-order valence-corrected chi connectivity index (χ0v) is 16.7. The molecule has 5 rings (SSSR count). The summed E-state index contributed by atoms with van der Waals surface area (Å²) in [5.74, 6) is 2.96. The van der Waals surface area contributed by atoms with Gasteiger partial charge in [-0.3, -0.25) is 4.79 Å². The lowest BCUT2D eigenvalue weighted by atomic mass is 9.96. The van der Waals surface area contributed by atoms with Crippen LogP contribution in [0.25, 0.3) is 6.08 Å². The van der Waals surface area contributed by atoms with E-state index >= 15 is 0 Å². The standard InChI is InChI=1S/C25H27N3O/c1-17-7-9-20-11-18(14-26-25(20)27-17)8-10-24(29)28-15-22-12-21(13-23(22)16-28)19-5-3-2-4-6-19/h2-6,8,10-11,14,21-23H,1,7,9,12-13,15-16H2,(H,26,27)/b10-8+. The second-order valence-electron chi connectivity index (χ2n) is 8.68. The van der Waals surface area contributed by atoms with E-state index in [-0.39, 0.29) is 5.91 Å². The second kappa shape index (κ2) is 7.51. The lowest BCUT2D eigenvalue weighted by Crippen LogP contribution is -2.28. The Bertz CT molecular complexity index is 951. The number of allylic oxidation sites excluding steroid dienone is 1. The number of likely N-dealkylation sites (tertiary alicyclic amines) is 1. The number of rotatable bonds is 3. The second-order valence-corrected chi connectivity index (χ2v) is 8.68. The van der Waals surface area contributed by atoms with Gasteiger partial charge >= 0.3 is 0 Å². The highest BCUT2D eigenvalue weighted by atomic mass is 16.2. The molecule has 29 heavy (non-hydrogen) atoms. The summed E-state index contributed by atoms with van der Waals surface area (Å²) in [6.07, 6.45) is 9.72. The van der Waals surface area contributed by atoms with E-state index in [2.05, 4.69) is 53.3 Å². The van der Waals surface area contributed by atoms with Gasteiger partial charge in [0.2, 0.25) is 5.91 Å². The maximum atomic E-state index is 12.7. The Balaban J connectivity index is 1.19. The fourth-order valence-corrected chi connectivity index (χ4v) is 5.19. The molecule has 1 N–H and O–H groups in total. The van der Waals surface area contributed by atoms with Gasteiger partial charge in [-0.05, 0) is 72.3 Å². The molecule has 1 amide bonds. The van der Waals surface area contributed by atoms with Gasteiger partial charge in [-0.15, -0.1) is 0 Å². The third-order valence-electron chi connectivity index (χ3n) is 6.73. The molecule has 3 aliphatic rings. The Labute approximate surface area is 172 Å². The molecule has 0 bridgehead atoms. The molecule has 1 aromatic carbocycles. The van der Waals surface area contributed by atoms with Gasteiger partial charge in [0.25, 0.3) is 0 Å². The van der Waals surface area contributed by atoms with Crippen molar-refractivity contribution in [2.45, 2.75) is 31.6 Å². The molecule has 2 aliphatic heterocycles. The van der Waals surface area contributed by atoms with Gasteiger partial charge in [0.05, 0.1) is 0 Å². The van der Waals surface area contributed by atoms with Crippen molar-refractivity contribution in [3.63, 3.8) is 0 Å². The van der Waals surface area contributed by atoms with Crippen LogP contribution in [-0.2, 0) is 11.2 Å². The first-order chi connectivity index (χ1) is 14.2. The number of hydrogen-bond acceptors (Lipinski definition) is 3. The number of nitrogens with one attached hydrogen (secondary N) is 1. The third-order valence-corrected chi connectivity index (χ3v) is 6.73. The fraction of sp³-hybridized carbons (Fsp3) is 0.360. The fourth-order valence-electron chi connectivity index (χ4n) is 5.19. The van der Waals surface area contributed by atoms with Crippen molar-refractivity contribution >= 4 is 17.8 Å². The minimum atomic E-state index is 0.125. The topological polar surface area (TPSA) is 45.2 Å². The Morgan fingerprint density at radius 1 is 1.14 bits per heavy atom. The summed E-state index contributed by atoms with van der Waals surface area (Å²) >= 11 is 0. The molecule has 1 aliphatic carbocycles. The summed E-state index contributed by atoms with van der Waals surface area (Å²) < 4.78 is 0. The SMILES string of the molecule is C=C1CCc2cc(/C=C/C(=O)N3CC4CC(c5ccccc5)CC4C3)cnc2N1. The number of aromatic nitrogens is 1. The lowest BCUT2D eigenvalue weighted by molar-refractivity contribution is -0.125. The summed E-state index contributed by atoms with van der Waals surface area (Å²) in [6.45, 7) is 5.76. The summed E-state index contributed by atoms with van der Waals surface area (Å²) in [5, 5.41) is 3.23. The molecule has 2 fully saturated rings. The van der Waals surface area contributed by atoms with Crippen LogP contribution in [-0.4, -0.2) is 28.9 Å².